The van der Waals surface area contributed by atoms with Crippen LogP contribution in [0.2, 0.25) is 0 Å². The van der Waals surface area contributed by atoms with E-state index in [1.165, 1.54) is 88.4 Å². The highest BCUT2D eigenvalue weighted by atomic mass is 15.0. The molecule has 10 rings (SSSR count). The molecule has 2 aliphatic heterocycles. The van der Waals surface area contributed by atoms with Crippen LogP contribution in [0.25, 0.3) is 66.1 Å². The normalized spacial score (nSPS) is 15.6. The van der Waals surface area contributed by atoms with Gasteiger partial charge in [0.25, 0.3) is 0 Å². The fourth-order valence-electron chi connectivity index (χ4n) is 8.69. The lowest BCUT2D eigenvalue weighted by Crippen LogP contribution is -2.26. The zero-order chi connectivity index (χ0) is 29.5. The molecular formula is C42H32N2. The third-order valence-electron chi connectivity index (χ3n) is 10.9. The van der Waals surface area contributed by atoms with Gasteiger partial charge in [-0.2, -0.15) is 0 Å². The maximum absolute atomic E-state index is 2.52. The number of benzene rings is 6. The highest BCUT2D eigenvalue weighted by Crippen LogP contribution is 2.49. The van der Waals surface area contributed by atoms with Crippen LogP contribution in [0.3, 0.4) is 0 Å². The summed E-state index contributed by atoms with van der Waals surface area (Å²) in [6, 6.07) is 45.7. The number of fused-ring (bicyclic) bond motifs is 10. The Bertz CT molecular complexity index is 2370. The van der Waals surface area contributed by atoms with E-state index in [0.29, 0.717) is 0 Å². The Kier molecular flexibility index (Phi) is 4.37. The quantitative estimate of drug-likeness (QED) is 0.188. The predicted octanol–water partition coefficient (Wildman–Crippen LogP) is 10.8. The first-order valence-corrected chi connectivity index (χ1v) is 15.7. The molecule has 0 aliphatic carbocycles. The summed E-state index contributed by atoms with van der Waals surface area (Å²) in [4.78, 5) is 0. The van der Waals surface area contributed by atoms with Crippen LogP contribution in [0.4, 0.5) is 0 Å². The van der Waals surface area contributed by atoms with E-state index in [1.54, 1.807) is 0 Å². The Labute approximate surface area is 256 Å². The van der Waals surface area contributed by atoms with Gasteiger partial charge in [0.15, 0.2) is 0 Å². The van der Waals surface area contributed by atoms with E-state index in [9.17, 15) is 0 Å². The molecule has 0 N–H and O–H groups in total. The van der Waals surface area contributed by atoms with Gasteiger partial charge in [-0.1, -0.05) is 125 Å². The third-order valence-corrected chi connectivity index (χ3v) is 10.9. The van der Waals surface area contributed by atoms with Crippen LogP contribution < -0.4 is 0 Å². The summed E-state index contributed by atoms with van der Waals surface area (Å²) < 4.78 is 5.03. The fraction of sp³-hybridized carbons (Fsp3) is 0.143. The molecule has 0 bridgehead atoms. The zero-order valence-electron chi connectivity index (χ0n) is 25.4. The molecule has 2 heteroatoms. The van der Waals surface area contributed by atoms with Gasteiger partial charge < -0.3 is 9.13 Å². The molecule has 8 aromatic rings. The second-order valence-electron chi connectivity index (χ2n) is 13.8. The van der Waals surface area contributed by atoms with Gasteiger partial charge in [0.1, 0.15) is 0 Å². The average Bonchev–Trinajstić information content (AvgIpc) is 3.56. The third kappa shape index (κ3) is 2.78. The predicted molar refractivity (Wildman–Crippen MR) is 185 cm³/mol. The first-order chi connectivity index (χ1) is 21.4. The Morgan fingerprint density at radius 2 is 0.795 bits per heavy atom. The number of nitrogens with zero attached hydrogens (tertiary/aromatic N) is 2. The first-order valence-electron chi connectivity index (χ1n) is 15.7. The average molecular weight is 565 g/mol. The zero-order valence-corrected chi connectivity index (χ0v) is 25.4. The molecule has 44 heavy (non-hydrogen) atoms. The van der Waals surface area contributed by atoms with E-state index in [1.807, 2.05) is 0 Å². The molecule has 6 aromatic carbocycles. The highest BCUT2D eigenvalue weighted by molar-refractivity contribution is 6.14. The number of hydrogen-bond acceptors (Lipinski definition) is 0. The summed E-state index contributed by atoms with van der Waals surface area (Å²) in [5.41, 5.74) is 15.7. The Morgan fingerprint density at radius 1 is 0.386 bits per heavy atom. The summed E-state index contributed by atoms with van der Waals surface area (Å²) in [6.07, 6.45) is 0. The SMILES string of the molecule is CC1(C)c2ccccc2-n2c3cc(-c4ccc5c6cccc7c6n(c5c4)-c4ccccc4C7(C)C)ccc3c3cccc1c32. The lowest BCUT2D eigenvalue weighted by atomic mass is 9.75. The van der Waals surface area contributed by atoms with Gasteiger partial charge in [-0.15, -0.1) is 0 Å². The van der Waals surface area contributed by atoms with E-state index >= 15 is 0 Å². The van der Waals surface area contributed by atoms with Crippen molar-refractivity contribution in [2.24, 2.45) is 0 Å². The van der Waals surface area contributed by atoms with Crippen LogP contribution in [0.1, 0.15) is 49.9 Å². The molecule has 2 aliphatic rings. The summed E-state index contributed by atoms with van der Waals surface area (Å²) in [7, 11) is 0. The maximum atomic E-state index is 2.52. The van der Waals surface area contributed by atoms with E-state index in [4.69, 9.17) is 0 Å². The van der Waals surface area contributed by atoms with Crippen molar-refractivity contribution in [2.75, 3.05) is 0 Å². The van der Waals surface area contributed by atoms with Crippen LogP contribution in [-0.2, 0) is 10.8 Å². The number of aromatic nitrogens is 2. The molecule has 0 fully saturated rings. The van der Waals surface area contributed by atoms with Gasteiger partial charge >= 0.3 is 0 Å². The monoisotopic (exact) mass is 564 g/mol. The Balaban J connectivity index is 1.27. The van der Waals surface area contributed by atoms with Crippen molar-refractivity contribution < 1.29 is 0 Å². The van der Waals surface area contributed by atoms with E-state index < -0.39 is 0 Å². The molecule has 0 spiro atoms. The Hall–Kier alpha value is -5.08. The summed E-state index contributed by atoms with van der Waals surface area (Å²) >= 11 is 0. The molecule has 0 radical (unpaired) electrons. The van der Waals surface area contributed by atoms with Gasteiger partial charge in [0, 0.05) is 32.4 Å². The topological polar surface area (TPSA) is 9.86 Å². The largest absolute Gasteiger partial charge is 0.309 e. The second-order valence-corrected chi connectivity index (χ2v) is 13.8. The fourth-order valence-corrected chi connectivity index (χ4v) is 8.69. The number of hydrogen-bond donors (Lipinski definition) is 0. The number of para-hydroxylation sites is 4. The van der Waals surface area contributed by atoms with Gasteiger partial charge in [-0.3, -0.25) is 0 Å². The van der Waals surface area contributed by atoms with Gasteiger partial charge in [0.2, 0.25) is 0 Å². The van der Waals surface area contributed by atoms with Crippen molar-refractivity contribution in [3.8, 4) is 22.5 Å². The first kappa shape index (κ1) is 24.4. The molecule has 0 saturated carbocycles. The van der Waals surface area contributed by atoms with Crippen molar-refractivity contribution >= 4 is 43.6 Å². The minimum atomic E-state index is -0.0591. The molecule has 0 atom stereocenters. The molecule has 210 valence electrons. The lowest BCUT2D eigenvalue weighted by molar-refractivity contribution is 0.630. The smallest absolute Gasteiger partial charge is 0.0582 e. The summed E-state index contributed by atoms with van der Waals surface area (Å²) in [5.74, 6) is 0. The van der Waals surface area contributed by atoms with E-state index in [-0.39, 0.29) is 10.8 Å². The minimum absolute atomic E-state index is 0.0591. The van der Waals surface area contributed by atoms with Gasteiger partial charge in [-0.05, 0) is 57.6 Å². The van der Waals surface area contributed by atoms with Crippen LogP contribution in [0.5, 0.6) is 0 Å². The second kappa shape index (κ2) is 7.89. The van der Waals surface area contributed by atoms with Crippen LogP contribution in [0, 0.1) is 0 Å². The standard InChI is InChI=1S/C42H32N2/c1-41(2)31-13-5-7-17-35(31)43-37-23-25(19-21-27(37)29-11-9-15-33(41)39(29)43)26-20-22-28-30-12-10-16-34-40(30)44(38(28)24-26)36-18-8-6-14-32(36)42(34,3)4/h5-24H,1-4H3. The molecule has 2 aromatic heterocycles. The van der Waals surface area contributed by atoms with Crippen molar-refractivity contribution in [3.05, 3.63) is 144 Å². The van der Waals surface area contributed by atoms with Gasteiger partial charge in [0.05, 0.1) is 33.4 Å². The Morgan fingerprint density at radius 3 is 1.25 bits per heavy atom. The lowest BCUT2D eigenvalue weighted by Gasteiger charge is -2.34. The van der Waals surface area contributed by atoms with Crippen LogP contribution in [0.15, 0.2) is 121 Å². The van der Waals surface area contributed by atoms with Crippen molar-refractivity contribution in [2.45, 2.75) is 38.5 Å². The highest BCUT2D eigenvalue weighted by Gasteiger charge is 2.36. The van der Waals surface area contributed by atoms with Crippen molar-refractivity contribution in [3.63, 3.8) is 0 Å². The molecule has 2 nitrogen and oxygen atoms in total. The number of rotatable bonds is 1. The minimum Gasteiger partial charge on any atom is -0.309 e. The molecule has 0 saturated heterocycles. The van der Waals surface area contributed by atoms with Crippen molar-refractivity contribution in [1.82, 2.24) is 9.13 Å². The molecule has 0 amide bonds. The van der Waals surface area contributed by atoms with Crippen LogP contribution in [-0.4, -0.2) is 9.13 Å². The molecular weight excluding hydrogens is 532 g/mol. The van der Waals surface area contributed by atoms with Gasteiger partial charge in [-0.25, -0.2) is 0 Å². The van der Waals surface area contributed by atoms with E-state index in [2.05, 4.69) is 158 Å². The van der Waals surface area contributed by atoms with E-state index in [0.717, 1.165) is 0 Å². The molecule has 0 unspecified atom stereocenters. The summed E-state index contributed by atoms with van der Waals surface area (Å²) in [6.45, 7) is 9.45. The van der Waals surface area contributed by atoms with Crippen LogP contribution >= 0.6 is 0 Å². The molecule has 4 heterocycles. The summed E-state index contributed by atoms with van der Waals surface area (Å²) in [5, 5.41) is 5.28. The maximum Gasteiger partial charge on any atom is 0.0582 e. The van der Waals surface area contributed by atoms with Crippen molar-refractivity contribution in [1.29, 1.82) is 0 Å².